The zero-order valence-corrected chi connectivity index (χ0v) is 29.7. The van der Waals surface area contributed by atoms with Crippen molar-refractivity contribution in [2.45, 2.75) is 50.2 Å². The van der Waals surface area contributed by atoms with Crippen molar-refractivity contribution in [2.75, 3.05) is 31.0 Å². The first-order valence-electron chi connectivity index (χ1n) is 16.5. The van der Waals surface area contributed by atoms with Gasteiger partial charge >= 0.3 is 0 Å². The molecule has 0 radical (unpaired) electrons. The van der Waals surface area contributed by atoms with Crippen molar-refractivity contribution in [3.8, 4) is 11.5 Å². The van der Waals surface area contributed by atoms with Gasteiger partial charge in [-0.1, -0.05) is 49.5 Å². The smallest absolute Gasteiger partial charge is 0.269 e. The molecule has 50 heavy (non-hydrogen) atoms. The second kappa shape index (κ2) is 13.7. The molecule has 1 spiro atoms. The fourth-order valence-corrected chi connectivity index (χ4v) is 11.9. The van der Waals surface area contributed by atoms with E-state index in [2.05, 4.69) is 30.5 Å². The monoisotopic (exact) mass is 695 g/mol. The van der Waals surface area contributed by atoms with Crippen LogP contribution in [0.15, 0.2) is 91.0 Å². The van der Waals surface area contributed by atoms with Crippen LogP contribution in [0, 0.1) is 16.0 Å². The van der Waals surface area contributed by atoms with Gasteiger partial charge in [-0.25, -0.2) is 0 Å². The molecule has 0 bridgehead atoms. The average Bonchev–Trinajstić information content (AvgIpc) is 3.55. The summed E-state index contributed by atoms with van der Waals surface area (Å²) >= 11 is 0. The van der Waals surface area contributed by atoms with Gasteiger partial charge in [0.05, 0.1) is 45.6 Å². The number of carbonyl (C=O) groups is 2. The third-order valence-electron chi connectivity index (χ3n) is 10.3. The Morgan fingerprint density at radius 3 is 2.18 bits per heavy atom. The van der Waals surface area contributed by atoms with Crippen LogP contribution in [0.25, 0.3) is 0 Å². The van der Waals surface area contributed by atoms with Crippen molar-refractivity contribution in [3.63, 3.8) is 0 Å². The first kappa shape index (κ1) is 34.8. The van der Waals surface area contributed by atoms with Gasteiger partial charge in [0.25, 0.3) is 17.5 Å². The van der Waals surface area contributed by atoms with Crippen LogP contribution in [0.3, 0.4) is 0 Å². The van der Waals surface area contributed by atoms with Crippen LogP contribution in [-0.4, -0.2) is 56.8 Å². The molecule has 1 saturated heterocycles. The molecular weight excluding hydrogens is 655 g/mol. The molecule has 4 aromatic rings. The number of nitrogens with zero attached hydrogens (tertiary/aromatic N) is 2. The highest BCUT2D eigenvalue weighted by atomic mass is 28.3. The maximum atomic E-state index is 14.8. The second-order valence-electron chi connectivity index (χ2n) is 13.4. The number of aliphatic hydroxyl groups excluding tert-OH is 1. The fraction of sp³-hybridized carbons (Fsp3) is 0.316. The first-order valence-corrected chi connectivity index (χ1v) is 19.6. The van der Waals surface area contributed by atoms with E-state index >= 15 is 0 Å². The van der Waals surface area contributed by atoms with E-state index in [9.17, 15) is 24.8 Å². The minimum atomic E-state index is -2.41. The van der Waals surface area contributed by atoms with E-state index in [-0.39, 0.29) is 42.1 Å². The predicted octanol–water partition coefficient (Wildman–Crippen LogP) is 6.01. The number of benzene rings is 4. The number of nitrogens with one attached hydrogen (secondary N) is 1. The summed E-state index contributed by atoms with van der Waals surface area (Å²) in [7, 11) is 0.776. The lowest BCUT2D eigenvalue weighted by Crippen LogP contribution is -2.51. The molecule has 4 atom stereocenters. The van der Waals surface area contributed by atoms with E-state index < -0.39 is 24.7 Å². The maximum absolute atomic E-state index is 14.8. The molecule has 0 saturated carbocycles. The molecule has 2 aliphatic rings. The molecule has 260 valence electrons. The molecule has 6 rings (SSSR count). The van der Waals surface area contributed by atoms with Crippen molar-refractivity contribution in [1.29, 1.82) is 0 Å². The topological polar surface area (TPSA) is 140 Å². The van der Waals surface area contributed by atoms with Gasteiger partial charge in [0, 0.05) is 41.5 Å². The molecule has 0 aromatic heterocycles. The van der Waals surface area contributed by atoms with Gasteiger partial charge in [-0.15, -0.1) is 0 Å². The number of methoxy groups -OCH3 is 2. The van der Waals surface area contributed by atoms with E-state index in [0.717, 1.165) is 16.5 Å². The SMILES string of the molecule is COc1ccc(C(=O)Nc2ccc(CN3C(=O)[C@@]4(O[C@@H](CCO)[C@H]([Si](C)(C)c5ccc(OC)cc5)[C@H]4C)c4cc([N+](=O)[O-])ccc43)cc2)cc1. The normalized spacial score (nSPS) is 21.3. The van der Waals surface area contributed by atoms with Gasteiger partial charge in [-0.3, -0.25) is 19.7 Å². The molecule has 12 heteroatoms. The van der Waals surface area contributed by atoms with Crippen molar-refractivity contribution in [3.05, 3.63) is 118 Å². The number of aliphatic hydroxyl groups is 1. The summed E-state index contributed by atoms with van der Waals surface area (Å²) in [6.45, 7) is 6.54. The summed E-state index contributed by atoms with van der Waals surface area (Å²) in [5.74, 6) is 0.473. The number of rotatable bonds is 11. The zero-order valence-electron chi connectivity index (χ0n) is 28.7. The Morgan fingerprint density at radius 1 is 0.980 bits per heavy atom. The van der Waals surface area contributed by atoms with Crippen LogP contribution in [-0.2, 0) is 21.7 Å². The Labute approximate surface area is 292 Å². The molecule has 2 N–H and O–H groups in total. The number of fused-ring (bicyclic) bond motifs is 2. The van der Waals surface area contributed by atoms with E-state index in [1.807, 2.05) is 31.2 Å². The molecule has 2 heterocycles. The number of nitro groups is 1. The van der Waals surface area contributed by atoms with E-state index in [1.165, 1.54) is 12.1 Å². The van der Waals surface area contributed by atoms with E-state index in [0.29, 0.717) is 34.7 Å². The maximum Gasteiger partial charge on any atom is 0.269 e. The van der Waals surface area contributed by atoms with Gasteiger partial charge in [0.2, 0.25) is 0 Å². The molecule has 0 aliphatic carbocycles. The summed E-state index contributed by atoms with van der Waals surface area (Å²) in [5, 5.41) is 26.2. The van der Waals surface area contributed by atoms with Crippen LogP contribution >= 0.6 is 0 Å². The lowest BCUT2D eigenvalue weighted by molar-refractivity contribution is -0.385. The van der Waals surface area contributed by atoms with Crippen molar-refractivity contribution in [1.82, 2.24) is 0 Å². The number of anilines is 2. The van der Waals surface area contributed by atoms with Crippen LogP contribution in [0.4, 0.5) is 17.1 Å². The third-order valence-corrected chi connectivity index (χ3v) is 14.7. The van der Waals surface area contributed by atoms with Crippen LogP contribution in [0.2, 0.25) is 18.6 Å². The first-order chi connectivity index (χ1) is 23.9. The molecule has 2 aliphatic heterocycles. The number of amides is 2. The van der Waals surface area contributed by atoms with Gasteiger partial charge < -0.3 is 29.5 Å². The summed E-state index contributed by atoms with van der Waals surface area (Å²) < 4.78 is 17.4. The highest BCUT2D eigenvalue weighted by Gasteiger charge is 2.66. The van der Waals surface area contributed by atoms with Crippen LogP contribution in [0.1, 0.15) is 34.8 Å². The standard InChI is InChI=1S/C38H41N3O8Si/c1-24-35(50(4,5)31-17-15-30(48-3)16-18-31)34(20-21-42)49-38(24)32-22-28(41(45)46)12-19-33(32)40(37(38)44)23-25-6-10-27(11-7-25)39-36(43)26-8-13-29(47-2)14-9-26/h6-19,22,24,34-35,42H,20-21,23H2,1-5H3,(H,39,43)/t24-,34+,35-,38+/m1/s1. The Hall–Kier alpha value is -5.04. The summed E-state index contributed by atoms with van der Waals surface area (Å²) in [5.41, 5.74) is 1.18. The summed E-state index contributed by atoms with van der Waals surface area (Å²) in [6.07, 6.45) is -0.131. The highest BCUT2D eigenvalue weighted by molar-refractivity contribution is 6.91. The predicted molar refractivity (Wildman–Crippen MR) is 193 cm³/mol. The fourth-order valence-electron chi connectivity index (χ4n) is 7.79. The largest absolute Gasteiger partial charge is 0.497 e. The van der Waals surface area contributed by atoms with Gasteiger partial charge in [-0.05, 0) is 72.1 Å². The molecule has 0 unspecified atom stereocenters. The number of ether oxygens (including phenoxy) is 3. The molecule has 2 amide bonds. The Kier molecular flexibility index (Phi) is 9.53. The zero-order chi connectivity index (χ0) is 35.8. The summed E-state index contributed by atoms with van der Waals surface area (Å²) in [6, 6.07) is 26.5. The Bertz CT molecular complexity index is 1900. The minimum Gasteiger partial charge on any atom is -0.497 e. The Morgan fingerprint density at radius 2 is 1.60 bits per heavy atom. The van der Waals surface area contributed by atoms with Crippen LogP contribution < -0.4 is 24.9 Å². The lowest BCUT2D eigenvalue weighted by Gasteiger charge is -2.37. The number of hydrogen-bond donors (Lipinski definition) is 2. The quantitative estimate of drug-likeness (QED) is 0.111. The average molecular weight is 696 g/mol. The van der Waals surface area contributed by atoms with Gasteiger partial charge in [0.15, 0.2) is 5.60 Å². The van der Waals surface area contributed by atoms with E-state index in [4.69, 9.17) is 14.2 Å². The number of non-ortho nitro benzene ring substituents is 1. The number of hydrogen-bond acceptors (Lipinski definition) is 8. The second-order valence-corrected chi connectivity index (χ2v) is 18.1. The lowest BCUT2D eigenvalue weighted by atomic mass is 9.82. The van der Waals surface area contributed by atoms with Crippen molar-refractivity contribution in [2.24, 2.45) is 5.92 Å². The molecule has 1 fully saturated rings. The van der Waals surface area contributed by atoms with Gasteiger partial charge in [0.1, 0.15) is 11.5 Å². The molecular formula is C38H41N3O8Si. The number of nitro benzene ring substituents is 1. The van der Waals surface area contributed by atoms with Gasteiger partial charge in [-0.2, -0.15) is 0 Å². The van der Waals surface area contributed by atoms with Crippen LogP contribution in [0.5, 0.6) is 11.5 Å². The summed E-state index contributed by atoms with van der Waals surface area (Å²) in [4.78, 5) is 40.8. The molecule has 4 aromatic carbocycles. The minimum absolute atomic E-state index is 0.104. The van der Waals surface area contributed by atoms with Crippen molar-refractivity contribution >= 4 is 42.1 Å². The number of carbonyl (C=O) groups excluding carboxylic acids is 2. The Balaban J connectivity index is 1.32. The highest BCUT2D eigenvalue weighted by Crippen LogP contribution is 2.60. The van der Waals surface area contributed by atoms with Crippen molar-refractivity contribution < 1.29 is 33.8 Å². The molecule has 11 nitrogen and oxygen atoms in total. The van der Waals surface area contributed by atoms with E-state index in [1.54, 1.807) is 61.6 Å². The third kappa shape index (κ3) is 6.03.